The maximum absolute atomic E-state index is 14.3. The Morgan fingerprint density at radius 2 is 1.87 bits per heavy atom. The molecule has 1 aliphatic carbocycles. The highest BCUT2D eigenvalue weighted by atomic mass is 19.1. The van der Waals surface area contributed by atoms with Gasteiger partial charge in [-0.3, -0.25) is 9.58 Å². The van der Waals surface area contributed by atoms with E-state index in [-0.39, 0.29) is 36.8 Å². The average Bonchev–Trinajstić information content (AvgIpc) is 3.50. The zero-order chi connectivity index (χ0) is 31.4. The van der Waals surface area contributed by atoms with Crippen molar-refractivity contribution in [2.75, 3.05) is 34.8 Å². The minimum atomic E-state index is -1.68. The summed E-state index contributed by atoms with van der Waals surface area (Å²) in [5.41, 5.74) is 1.44. The Balaban J connectivity index is 1.14. The van der Waals surface area contributed by atoms with Crippen LogP contribution in [0.3, 0.4) is 0 Å². The minimum absolute atomic E-state index is 0.0286. The summed E-state index contributed by atoms with van der Waals surface area (Å²) in [6.45, 7) is -0.229. The molecule has 0 unspecified atom stereocenters. The second kappa shape index (κ2) is 12.9. The third kappa shape index (κ3) is 6.71. The summed E-state index contributed by atoms with van der Waals surface area (Å²) in [4.78, 5) is 30.6. The van der Waals surface area contributed by atoms with Crippen LogP contribution in [0.5, 0.6) is 0 Å². The van der Waals surface area contributed by atoms with E-state index in [0.717, 1.165) is 42.4 Å². The quantitative estimate of drug-likeness (QED) is 0.257. The van der Waals surface area contributed by atoms with Gasteiger partial charge in [0.05, 0.1) is 32.1 Å². The van der Waals surface area contributed by atoms with Crippen molar-refractivity contribution in [2.45, 2.75) is 50.0 Å². The number of hydrogen-bond donors (Lipinski definition) is 3. The summed E-state index contributed by atoms with van der Waals surface area (Å²) < 4.78 is 16.1. The predicted molar refractivity (Wildman–Crippen MR) is 167 cm³/mol. The molecule has 2 aliphatic rings. The number of aliphatic hydroxyl groups is 1. The minimum Gasteiger partial charge on any atom is -0.393 e. The third-order valence-corrected chi connectivity index (χ3v) is 8.35. The van der Waals surface area contributed by atoms with Gasteiger partial charge in [-0.15, -0.1) is 0 Å². The number of nitrogens with zero attached hydrogens (tertiary/aromatic N) is 8. The molecule has 3 aromatic heterocycles. The maximum atomic E-state index is 14.3. The lowest BCUT2D eigenvalue weighted by atomic mass is 9.90. The molecule has 6 rings (SSSR count). The van der Waals surface area contributed by atoms with E-state index in [9.17, 15) is 19.6 Å². The maximum Gasteiger partial charge on any atom is 0.323 e. The number of hydrogen-bond acceptors (Lipinski definition) is 9. The molecule has 2 amide bonds. The first-order valence-electron chi connectivity index (χ1n) is 15.0. The molecule has 4 aromatic rings. The number of nitriles is 1. The molecule has 0 spiro atoms. The first-order valence-corrected chi connectivity index (χ1v) is 15.0. The Labute approximate surface area is 260 Å². The van der Waals surface area contributed by atoms with E-state index in [4.69, 9.17) is 4.98 Å². The van der Waals surface area contributed by atoms with Gasteiger partial charge >= 0.3 is 6.03 Å². The number of pyridine rings is 1. The molecule has 0 atom stereocenters. The Kier molecular flexibility index (Phi) is 8.57. The number of urea groups is 1. The molecule has 1 saturated carbocycles. The number of anilines is 3. The number of benzene rings is 1. The first kappa shape index (κ1) is 30.0. The van der Waals surface area contributed by atoms with Gasteiger partial charge in [0.25, 0.3) is 0 Å². The highest BCUT2D eigenvalue weighted by Gasteiger charge is 2.44. The van der Waals surface area contributed by atoms with Gasteiger partial charge in [0.15, 0.2) is 11.5 Å². The van der Waals surface area contributed by atoms with Crippen molar-refractivity contribution in [1.29, 1.82) is 5.26 Å². The summed E-state index contributed by atoms with van der Waals surface area (Å²) >= 11 is 0. The van der Waals surface area contributed by atoms with Gasteiger partial charge in [-0.1, -0.05) is 30.3 Å². The molecule has 232 valence electrons. The smallest absolute Gasteiger partial charge is 0.323 e. The molecular formula is C32H35FN10O2. The SMILES string of the molecule is Cn1cc(-c2ccc(N(C(=O)NCc3ccccc3)[C@H]3CC[C@H](Nc4ncc(C#N)c(N5CC(F)(CO)C5)n4)CC3)nc2)cn1. The van der Waals surface area contributed by atoms with Crippen molar-refractivity contribution in [3.63, 3.8) is 0 Å². The van der Waals surface area contributed by atoms with Gasteiger partial charge in [-0.25, -0.2) is 19.2 Å². The largest absolute Gasteiger partial charge is 0.393 e. The van der Waals surface area contributed by atoms with E-state index in [1.165, 1.54) is 6.20 Å². The van der Waals surface area contributed by atoms with Crippen LogP contribution in [0.1, 0.15) is 36.8 Å². The van der Waals surface area contributed by atoms with E-state index in [1.807, 2.05) is 55.7 Å². The third-order valence-electron chi connectivity index (χ3n) is 8.35. The Morgan fingerprint density at radius 3 is 2.51 bits per heavy atom. The lowest BCUT2D eigenvalue weighted by Crippen LogP contribution is -2.61. The molecule has 2 fully saturated rings. The summed E-state index contributed by atoms with van der Waals surface area (Å²) in [6.07, 6.45) is 9.85. The second-order valence-electron chi connectivity index (χ2n) is 11.7. The van der Waals surface area contributed by atoms with Crippen LogP contribution in [0, 0.1) is 11.3 Å². The van der Waals surface area contributed by atoms with Gasteiger partial charge < -0.3 is 20.6 Å². The van der Waals surface area contributed by atoms with E-state index in [2.05, 4.69) is 31.8 Å². The van der Waals surface area contributed by atoms with Crippen molar-refractivity contribution >= 4 is 23.6 Å². The number of nitrogens with one attached hydrogen (secondary N) is 2. The van der Waals surface area contributed by atoms with Gasteiger partial charge in [0, 0.05) is 49.2 Å². The molecule has 1 aliphatic heterocycles. The molecule has 1 saturated heterocycles. The van der Waals surface area contributed by atoms with Crippen LogP contribution >= 0.6 is 0 Å². The standard InChI is InChI=1S/C32H35FN10O2/c1-41-18-25(17-38-41)23-7-12-28(35-15-23)43(31(45)37-14-22-5-3-2-4-6-22)27-10-8-26(9-11-27)39-30-36-16-24(13-34)29(40-30)42-19-32(33,20-42)21-44/h2-7,12,15-18,26-27,44H,8-11,14,19-21H2,1H3,(H,37,45)(H,36,39,40)/t26-,27-. The van der Waals surface area contributed by atoms with Gasteiger partial charge in [0.1, 0.15) is 17.5 Å². The van der Waals surface area contributed by atoms with Crippen molar-refractivity contribution in [1.82, 2.24) is 30.0 Å². The molecule has 12 nitrogen and oxygen atoms in total. The fourth-order valence-corrected chi connectivity index (χ4v) is 5.90. The zero-order valence-corrected chi connectivity index (χ0v) is 25.0. The number of amides is 2. The zero-order valence-electron chi connectivity index (χ0n) is 25.0. The number of aromatic nitrogens is 5. The predicted octanol–water partition coefficient (Wildman–Crippen LogP) is 3.80. The van der Waals surface area contributed by atoms with Crippen LogP contribution in [0.25, 0.3) is 11.1 Å². The van der Waals surface area contributed by atoms with Crippen molar-refractivity contribution < 1.29 is 14.3 Å². The highest BCUT2D eigenvalue weighted by Crippen LogP contribution is 2.33. The van der Waals surface area contributed by atoms with Crippen LogP contribution < -0.4 is 20.4 Å². The van der Waals surface area contributed by atoms with Crippen LogP contribution in [-0.2, 0) is 13.6 Å². The van der Waals surface area contributed by atoms with E-state index in [1.54, 1.807) is 26.9 Å². The number of alkyl halides is 1. The lowest BCUT2D eigenvalue weighted by Gasteiger charge is -2.44. The number of carbonyl (C=O) groups excluding carboxylic acids is 1. The highest BCUT2D eigenvalue weighted by molar-refractivity contribution is 5.91. The fraction of sp³-hybridized carbons (Fsp3) is 0.375. The van der Waals surface area contributed by atoms with E-state index in [0.29, 0.717) is 24.1 Å². The van der Waals surface area contributed by atoms with Gasteiger partial charge in [0.2, 0.25) is 5.95 Å². The summed E-state index contributed by atoms with van der Waals surface area (Å²) in [6, 6.07) is 15.4. The topological polar surface area (TPSA) is 148 Å². The number of rotatable bonds is 9. The van der Waals surface area contributed by atoms with E-state index < -0.39 is 12.3 Å². The lowest BCUT2D eigenvalue weighted by molar-refractivity contribution is 0.0440. The number of carbonyl (C=O) groups is 1. The monoisotopic (exact) mass is 610 g/mol. The average molecular weight is 611 g/mol. The van der Waals surface area contributed by atoms with Crippen molar-refractivity contribution in [3.05, 3.63) is 78.4 Å². The van der Waals surface area contributed by atoms with Gasteiger partial charge in [-0.05, 0) is 43.4 Å². The number of aliphatic hydroxyl groups excluding tert-OH is 1. The van der Waals surface area contributed by atoms with Gasteiger partial charge in [-0.2, -0.15) is 15.3 Å². The molecular weight excluding hydrogens is 575 g/mol. The number of aryl methyl sites for hydroxylation is 1. The summed E-state index contributed by atoms with van der Waals surface area (Å²) in [5, 5.41) is 29.5. The van der Waals surface area contributed by atoms with E-state index >= 15 is 0 Å². The molecule has 0 bridgehead atoms. The van der Waals surface area contributed by atoms with Crippen molar-refractivity contribution in [2.24, 2.45) is 7.05 Å². The Morgan fingerprint density at radius 1 is 1.09 bits per heavy atom. The number of halogens is 1. The molecule has 1 aromatic carbocycles. The summed E-state index contributed by atoms with van der Waals surface area (Å²) in [5.74, 6) is 1.29. The Hall–Kier alpha value is -5.09. The summed E-state index contributed by atoms with van der Waals surface area (Å²) in [7, 11) is 1.86. The fourth-order valence-electron chi connectivity index (χ4n) is 5.90. The second-order valence-corrected chi connectivity index (χ2v) is 11.7. The van der Waals surface area contributed by atoms with Crippen LogP contribution in [0.2, 0.25) is 0 Å². The molecule has 4 heterocycles. The molecule has 0 radical (unpaired) electrons. The van der Waals surface area contributed by atoms with Crippen LogP contribution in [0.4, 0.5) is 26.8 Å². The molecule has 13 heteroatoms. The molecule has 45 heavy (non-hydrogen) atoms. The first-order chi connectivity index (χ1) is 21.8. The van der Waals surface area contributed by atoms with Crippen LogP contribution in [0.15, 0.2) is 67.3 Å². The van der Waals surface area contributed by atoms with Crippen LogP contribution in [-0.4, -0.2) is 73.3 Å². The molecule has 3 N–H and O–H groups in total. The Bertz CT molecular complexity index is 1660. The normalized spacial score (nSPS) is 18.8. The van der Waals surface area contributed by atoms with Crippen molar-refractivity contribution in [3.8, 4) is 17.2 Å².